The zero-order chi connectivity index (χ0) is 14.9. The minimum Gasteiger partial charge on any atom is -0.306 e. The van der Waals surface area contributed by atoms with Gasteiger partial charge in [-0.25, -0.2) is 4.98 Å². The lowest BCUT2D eigenvalue weighted by molar-refractivity contribution is 0.631. The van der Waals surface area contributed by atoms with Crippen LogP contribution in [0.25, 0.3) is 11.4 Å². The van der Waals surface area contributed by atoms with Gasteiger partial charge in [-0.05, 0) is 69.1 Å². The SMILES string of the molecule is CC(C)Cc1nc(-c2ccc(Cl)cc2Br)[nH]c(=O)c1I. The highest BCUT2D eigenvalue weighted by atomic mass is 127. The maximum absolute atomic E-state index is 12.0. The van der Waals surface area contributed by atoms with Gasteiger partial charge in [0.25, 0.3) is 5.56 Å². The van der Waals surface area contributed by atoms with Crippen LogP contribution < -0.4 is 5.56 Å². The second kappa shape index (κ2) is 6.58. The van der Waals surface area contributed by atoms with Crippen molar-refractivity contribution >= 4 is 50.1 Å². The third-order valence-electron chi connectivity index (χ3n) is 2.72. The van der Waals surface area contributed by atoms with Crippen LogP contribution in [-0.4, -0.2) is 9.97 Å². The second-order valence-electron chi connectivity index (χ2n) is 4.90. The maximum atomic E-state index is 12.0. The second-order valence-corrected chi connectivity index (χ2v) is 7.27. The maximum Gasteiger partial charge on any atom is 0.264 e. The van der Waals surface area contributed by atoms with Crippen molar-refractivity contribution in [3.05, 3.63) is 47.3 Å². The van der Waals surface area contributed by atoms with Crippen molar-refractivity contribution in [2.45, 2.75) is 20.3 Å². The van der Waals surface area contributed by atoms with Crippen molar-refractivity contribution in [3.63, 3.8) is 0 Å². The van der Waals surface area contributed by atoms with Crippen LogP contribution in [0.3, 0.4) is 0 Å². The first kappa shape index (κ1) is 16.0. The lowest BCUT2D eigenvalue weighted by Gasteiger charge is -2.10. The summed E-state index contributed by atoms with van der Waals surface area (Å²) < 4.78 is 1.47. The predicted octanol–water partition coefficient (Wildman–Crippen LogP) is 4.66. The molecular formula is C14H13BrClIN2O. The average molecular weight is 468 g/mol. The summed E-state index contributed by atoms with van der Waals surface area (Å²) in [6, 6.07) is 5.41. The van der Waals surface area contributed by atoms with E-state index in [2.05, 4.69) is 39.7 Å². The monoisotopic (exact) mass is 466 g/mol. The number of aromatic amines is 1. The fourth-order valence-corrected chi connectivity index (χ4v) is 3.18. The molecule has 0 bridgehead atoms. The number of hydrogen-bond donors (Lipinski definition) is 1. The van der Waals surface area contributed by atoms with E-state index in [0.29, 0.717) is 20.3 Å². The Morgan fingerprint density at radius 2 is 2.15 bits per heavy atom. The molecule has 3 nitrogen and oxygen atoms in total. The quantitative estimate of drug-likeness (QED) is 0.668. The van der Waals surface area contributed by atoms with Gasteiger partial charge in [-0.3, -0.25) is 4.79 Å². The van der Waals surface area contributed by atoms with Crippen molar-refractivity contribution in [1.29, 1.82) is 0 Å². The van der Waals surface area contributed by atoms with Crippen molar-refractivity contribution in [1.82, 2.24) is 9.97 Å². The molecule has 6 heteroatoms. The van der Waals surface area contributed by atoms with Crippen LogP contribution in [0, 0.1) is 9.49 Å². The van der Waals surface area contributed by atoms with E-state index in [4.69, 9.17) is 11.6 Å². The van der Waals surface area contributed by atoms with Crippen LogP contribution in [0.4, 0.5) is 0 Å². The van der Waals surface area contributed by atoms with Gasteiger partial charge in [0, 0.05) is 15.1 Å². The van der Waals surface area contributed by atoms with Gasteiger partial charge in [0.1, 0.15) is 5.82 Å². The Labute approximate surface area is 144 Å². The highest BCUT2D eigenvalue weighted by molar-refractivity contribution is 14.1. The molecule has 0 aliphatic rings. The van der Waals surface area contributed by atoms with Crippen LogP contribution >= 0.6 is 50.1 Å². The van der Waals surface area contributed by atoms with Crippen LogP contribution in [0.1, 0.15) is 19.5 Å². The van der Waals surface area contributed by atoms with Gasteiger partial charge >= 0.3 is 0 Å². The molecule has 1 N–H and O–H groups in total. The summed E-state index contributed by atoms with van der Waals surface area (Å²) in [5, 5.41) is 0.635. The first-order chi connectivity index (χ1) is 9.38. The van der Waals surface area contributed by atoms with E-state index in [1.807, 2.05) is 28.7 Å². The molecule has 2 rings (SSSR count). The van der Waals surface area contributed by atoms with E-state index in [0.717, 1.165) is 22.2 Å². The smallest absolute Gasteiger partial charge is 0.264 e. The van der Waals surface area contributed by atoms with E-state index < -0.39 is 0 Å². The number of halogens is 3. The Balaban J connectivity index is 2.57. The molecule has 0 saturated heterocycles. The number of nitrogens with one attached hydrogen (secondary N) is 1. The Morgan fingerprint density at radius 3 is 2.75 bits per heavy atom. The molecule has 0 radical (unpaired) electrons. The minimum absolute atomic E-state index is 0.104. The predicted molar refractivity (Wildman–Crippen MR) is 94.3 cm³/mol. The molecule has 106 valence electrons. The topological polar surface area (TPSA) is 45.8 Å². The summed E-state index contributed by atoms with van der Waals surface area (Å²) in [5.41, 5.74) is 1.56. The first-order valence-corrected chi connectivity index (χ1v) is 8.37. The third-order valence-corrected chi connectivity index (χ3v) is 4.72. The zero-order valence-corrected chi connectivity index (χ0v) is 15.5. The average Bonchev–Trinajstić information content (AvgIpc) is 2.34. The molecular weight excluding hydrogens is 454 g/mol. The standard InChI is InChI=1S/C14H13BrClIN2O/c1-7(2)5-11-12(17)14(20)19-13(18-11)9-4-3-8(16)6-10(9)15/h3-4,6-7H,5H2,1-2H3,(H,18,19,20). The summed E-state index contributed by atoms with van der Waals surface area (Å²) in [6.45, 7) is 4.22. The Kier molecular flexibility index (Phi) is 5.25. The largest absolute Gasteiger partial charge is 0.306 e. The molecule has 0 unspecified atom stereocenters. The molecule has 1 heterocycles. The lowest BCUT2D eigenvalue weighted by atomic mass is 10.1. The number of rotatable bonds is 3. The summed E-state index contributed by atoms with van der Waals surface area (Å²) in [4.78, 5) is 19.5. The highest BCUT2D eigenvalue weighted by Gasteiger charge is 2.13. The van der Waals surface area contributed by atoms with E-state index in [-0.39, 0.29) is 5.56 Å². The fraction of sp³-hybridized carbons (Fsp3) is 0.286. The molecule has 0 saturated carbocycles. The van der Waals surface area contributed by atoms with Gasteiger partial charge in [0.05, 0.1) is 9.26 Å². The van der Waals surface area contributed by atoms with Crippen LogP contribution in [0.15, 0.2) is 27.5 Å². The molecule has 1 aromatic heterocycles. The van der Waals surface area contributed by atoms with E-state index in [9.17, 15) is 4.79 Å². The molecule has 0 amide bonds. The molecule has 20 heavy (non-hydrogen) atoms. The van der Waals surface area contributed by atoms with Gasteiger partial charge < -0.3 is 4.98 Å². The zero-order valence-electron chi connectivity index (χ0n) is 11.0. The lowest BCUT2D eigenvalue weighted by Crippen LogP contribution is -2.17. The van der Waals surface area contributed by atoms with Gasteiger partial charge in [0.15, 0.2) is 0 Å². The number of benzene rings is 1. The van der Waals surface area contributed by atoms with Crippen LogP contribution in [-0.2, 0) is 6.42 Å². The fourth-order valence-electron chi connectivity index (χ4n) is 1.84. The number of aromatic nitrogens is 2. The van der Waals surface area contributed by atoms with E-state index in [1.54, 1.807) is 12.1 Å². The van der Waals surface area contributed by atoms with Gasteiger partial charge in [-0.15, -0.1) is 0 Å². The summed E-state index contributed by atoms with van der Waals surface area (Å²) in [7, 11) is 0. The number of H-pyrrole nitrogens is 1. The normalized spacial score (nSPS) is 11.1. The van der Waals surface area contributed by atoms with Crippen LogP contribution in [0.5, 0.6) is 0 Å². The van der Waals surface area contributed by atoms with Crippen molar-refractivity contribution in [3.8, 4) is 11.4 Å². The van der Waals surface area contributed by atoms with Gasteiger partial charge in [-0.1, -0.05) is 25.4 Å². The van der Waals surface area contributed by atoms with Crippen molar-refractivity contribution in [2.75, 3.05) is 0 Å². The van der Waals surface area contributed by atoms with Crippen molar-refractivity contribution < 1.29 is 0 Å². The summed E-state index contributed by atoms with van der Waals surface area (Å²) >= 11 is 11.4. The van der Waals surface area contributed by atoms with Crippen LogP contribution in [0.2, 0.25) is 5.02 Å². The molecule has 2 aromatic rings. The molecule has 0 fully saturated rings. The van der Waals surface area contributed by atoms with Crippen molar-refractivity contribution in [2.24, 2.45) is 5.92 Å². The highest BCUT2D eigenvalue weighted by Crippen LogP contribution is 2.28. The van der Waals surface area contributed by atoms with Gasteiger partial charge in [0.2, 0.25) is 0 Å². The van der Waals surface area contributed by atoms with E-state index in [1.165, 1.54) is 0 Å². The number of hydrogen-bond acceptors (Lipinski definition) is 2. The molecule has 1 aromatic carbocycles. The minimum atomic E-state index is -0.104. The Bertz CT molecular complexity index is 700. The summed E-state index contributed by atoms with van der Waals surface area (Å²) in [6.07, 6.45) is 0.778. The first-order valence-electron chi connectivity index (χ1n) is 6.12. The van der Waals surface area contributed by atoms with Gasteiger partial charge in [-0.2, -0.15) is 0 Å². The Hall–Kier alpha value is -0.400. The number of nitrogens with zero attached hydrogens (tertiary/aromatic N) is 1. The van der Waals surface area contributed by atoms with E-state index >= 15 is 0 Å². The molecule has 0 atom stereocenters. The molecule has 0 aliphatic carbocycles. The third kappa shape index (κ3) is 3.62. The Morgan fingerprint density at radius 1 is 1.45 bits per heavy atom. The molecule has 0 spiro atoms. The summed E-state index contributed by atoms with van der Waals surface area (Å²) in [5.74, 6) is 1.01. The molecule has 0 aliphatic heterocycles.